The van der Waals surface area contributed by atoms with Gasteiger partial charge in [-0.15, -0.1) is 0 Å². The summed E-state index contributed by atoms with van der Waals surface area (Å²) in [5.74, 6) is 2.42. The zero-order valence-corrected chi connectivity index (χ0v) is 10.3. The van der Waals surface area contributed by atoms with Crippen LogP contribution >= 0.6 is 11.8 Å². The highest BCUT2D eigenvalue weighted by Crippen LogP contribution is 2.12. The van der Waals surface area contributed by atoms with E-state index in [-0.39, 0.29) is 6.61 Å². The number of aliphatic hydroxyl groups excluding tert-OH is 1. The van der Waals surface area contributed by atoms with Crippen molar-refractivity contribution in [2.45, 2.75) is 25.9 Å². The molecular weight excluding hydrogens is 212 g/mol. The maximum Gasteiger partial charge on any atom is 0.0809 e. The van der Waals surface area contributed by atoms with E-state index in [0.717, 1.165) is 37.7 Å². The van der Waals surface area contributed by atoms with Crippen molar-refractivity contribution in [3.8, 4) is 0 Å². The number of hydrogen-bond donors (Lipinski definition) is 1. The molecule has 1 saturated heterocycles. The largest absolute Gasteiger partial charge is 0.396 e. The molecule has 2 atom stereocenters. The highest BCUT2D eigenvalue weighted by Gasteiger charge is 2.14. The van der Waals surface area contributed by atoms with Gasteiger partial charge in [-0.05, 0) is 24.5 Å². The number of rotatable bonds is 8. The Morgan fingerprint density at radius 1 is 1.60 bits per heavy atom. The van der Waals surface area contributed by atoms with Crippen LogP contribution in [-0.4, -0.2) is 49.1 Å². The summed E-state index contributed by atoms with van der Waals surface area (Å²) in [5.41, 5.74) is 0. The van der Waals surface area contributed by atoms with Crippen molar-refractivity contribution in [2.24, 2.45) is 5.92 Å². The molecule has 0 aromatic rings. The molecule has 0 aromatic heterocycles. The Hall–Kier alpha value is 0.230. The van der Waals surface area contributed by atoms with Crippen LogP contribution in [0.15, 0.2) is 0 Å². The molecule has 1 heterocycles. The lowest BCUT2D eigenvalue weighted by Gasteiger charge is -2.10. The predicted molar refractivity (Wildman–Crippen MR) is 63.4 cm³/mol. The number of hydrogen-bond acceptors (Lipinski definition) is 4. The second kappa shape index (κ2) is 8.39. The first-order valence-corrected chi connectivity index (χ1v) is 6.86. The van der Waals surface area contributed by atoms with Gasteiger partial charge < -0.3 is 14.6 Å². The molecule has 1 aliphatic heterocycles. The fourth-order valence-electron chi connectivity index (χ4n) is 1.45. The van der Waals surface area contributed by atoms with E-state index in [1.807, 2.05) is 11.8 Å². The zero-order valence-electron chi connectivity index (χ0n) is 9.48. The van der Waals surface area contributed by atoms with Gasteiger partial charge in [0.25, 0.3) is 0 Å². The summed E-state index contributed by atoms with van der Waals surface area (Å²) in [6, 6.07) is 0. The summed E-state index contributed by atoms with van der Waals surface area (Å²) in [5, 5.41) is 8.82. The van der Waals surface area contributed by atoms with E-state index >= 15 is 0 Å². The molecule has 1 N–H and O–H groups in total. The van der Waals surface area contributed by atoms with Crippen LogP contribution < -0.4 is 0 Å². The quantitative estimate of drug-likeness (QED) is 0.647. The Balaban J connectivity index is 1.80. The Kier molecular flexibility index (Phi) is 7.44. The lowest BCUT2D eigenvalue weighted by molar-refractivity contribution is 0.0226. The van der Waals surface area contributed by atoms with Crippen LogP contribution in [-0.2, 0) is 9.47 Å². The maximum atomic E-state index is 8.82. The van der Waals surface area contributed by atoms with Crippen LogP contribution in [0.1, 0.15) is 19.8 Å². The van der Waals surface area contributed by atoms with Gasteiger partial charge in [0, 0.05) is 19.0 Å². The third kappa shape index (κ3) is 6.40. The van der Waals surface area contributed by atoms with Crippen LogP contribution in [0.25, 0.3) is 0 Å². The molecule has 4 heteroatoms. The van der Waals surface area contributed by atoms with Crippen molar-refractivity contribution < 1.29 is 14.6 Å². The standard InChI is InChI=1S/C11H22O3S/c1-10(7-12)9-15-6-5-13-8-11-3-2-4-14-11/h10-12H,2-9H2,1H3. The highest BCUT2D eigenvalue weighted by molar-refractivity contribution is 7.99. The van der Waals surface area contributed by atoms with Gasteiger partial charge in [0.2, 0.25) is 0 Å². The Bertz CT molecular complexity index is 149. The van der Waals surface area contributed by atoms with Gasteiger partial charge in [0.05, 0.1) is 19.3 Å². The van der Waals surface area contributed by atoms with Gasteiger partial charge in [0.15, 0.2) is 0 Å². The zero-order chi connectivity index (χ0) is 10.9. The van der Waals surface area contributed by atoms with Crippen LogP contribution in [0.2, 0.25) is 0 Å². The van der Waals surface area contributed by atoms with Crippen molar-refractivity contribution in [2.75, 3.05) is 37.9 Å². The van der Waals surface area contributed by atoms with Crippen molar-refractivity contribution in [1.82, 2.24) is 0 Å². The predicted octanol–water partition coefficient (Wildman–Crippen LogP) is 1.54. The maximum absolute atomic E-state index is 8.82. The van der Waals surface area contributed by atoms with E-state index in [4.69, 9.17) is 14.6 Å². The van der Waals surface area contributed by atoms with Crippen LogP contribution in [0.4, 0.5) is 0 Å². The van der Waals surface area contributed by atoms with E-state index in [1.165, 1.54) is 6.42 Å². The van der Waals surface area contributed by atoms with Crippen LogP contribution in [0.5, 0.6) is 0 Å². The highest BCUT2D eigenvalue weighted by atomic mass is 32.2. The average molecular weight is 234 g/mol. The molecule has 0 bridgehead atoms. The fourth-order valence-corrected chi connectivity index (χ4v) is 2.36. The molecule has 1 rings (SSSR count). The first kappa shape index (κ1) is 13.3. The summed E-state index contributed by atoms with van der Waals surface area (Å²) >= 11 is 1.84. The summed E-state index contributed by atoms with van der Waals surface area (Å²) in [6.45, 7) is 4.78. The van der Waals surface area contributed by atoms with E-state index in [0.29, 0.717) is 12.0 Å². The van der Waals surface area contributed by atoms with E-state index in [2.05, 4.69) is 6.92 Å². The lowest BCUT2D eigenvalue weighted by Crippen LogP contribution is -2.15. The molecule has 0 saturated carbocycles. The van der Waals surface area contributed by atoms with E-state index in [1.54, 1.807) is 0 Å². The Morgan fingerprint density at radius 3 is 3.13 bits per heavy atom. The first-order chi connectivity index (χ1) is 7.33. The van der Waals surface area contributed by atoms with E-state index in [9.17, 15) is 0 Å². The second-order valence-corrected chi connectivity index (χ2v) is 5.22. The summed E-state index contributed by atoms with van der Waals surface area (Å²) in [6.07, 6.45) is 2.66. The number of ether oxygens (including phenoxy) is 2. The van der Waals surface area contributed by atoms with Crippen LogP contribution in [0, 0.1) is 5.92 Å². The second-order valence-electron chi connectivity index (χ2n) is 4.07. The summed E-state index contributed by atoms with van der Waals surface area (Å²) in [7, 11) is 0. The molecule has 0 aliphatic carbocycles. The third-order valence-corrected chi connectivity index (χ3v) is 3.67. The minimum atomic E-state index is 0.282. The summed E-state index contributed by atoms with van der Waals surface area (Å²) in [4.78, 5) is 0. The van der Waals surface area contributed by atoms with Crippen LogP contribution in [0.3, 0.4) is 0 Å². The first-order valence-electron chi connectivity index (χ1n) is 5.71. The van der Waals surface area contributed by atoms with Gasteiger partial charge in [-0.3, -0.25) is 0 Å². The van der Waals surface area contributed by atoms with Crippen molar-refractivity contribution in [1.29, 1.82) is 0 Å². The van der Waals surface area contributed by atoms with Gasteiger partial charge in [0.1, 0.15) is 0 Å². The molecule has 1 fully saturated rings. The van der Waals surface area contributed by atoms with Crippen molar-refractivity contribution in [3.63, 3.8) is 0 Å². The summed E-state index contributed by atoms with van der Waals surface area (Å²) < 4.78 is 11.0. The molecule has 0 radical (unpaired) electrons. The minimum Gasteiger partial charge on any atom is -0.396 e. The molecular formula is C11H22O3S. The molecule has 90 valence electrons. The molecule has 0 amide bonds. The minimum absolute atomic E-state index is 0.282. The van der Waals surface area contributed by atoms with Gasteiger partial charge >= 0.3 is 0 Å². The van der Waals surface area contributed by atoms with E-state index < -0.39 is 0 Å². The van der Waals surface area contributed by atoms with Gasteiger partial charge in [-0.1, -0.05) is 6.92 Å². The smallest absolute Gasteiger partial charge is 0.0809 e. The third-order valence-electron chi connectivity index (χ3n) is 2.41. The Labute approximate surface area is 96.5 Å². The number of thioether (sulfide) groups is 1. The molecule has 15 heavy (non-hydrogen) atoms. The molecule has 3 nitrogen and oxygen atoms in total. The molecule has 0 aromatic carbocycles. The molecule has 0 spiro atoms. The SMILES string of the molecule is CC(CO)CSCCOCC1CCCO1. The lowest BCUT2D eigenvalue weighted by atomic mass is 10.2. The normalized spacial score (nSPS) is 23.2. The topological polar surface area (TPSA) is 38.7 Å². The number of aliphatic hydroxyl groups is 1. The molecule has 2 unspecified atom stereocenters. The Morgan fingerprint density at radius 2 is 2.47 bits per heavy atom. The van der Waals surface area contributed by atoms with Crippen molar-refractivity contribution >= 4 is 11.8 Å². The average Bonchev–Trinajstić information content (AvgIpc) is 2.75. The van der Waals surface area contributed by atoms with Crippen molar-refractivity contribution in [3.05, 3.63) is 0 Å². The monoisotopic (exact) mass is 234 g/mol. The molecule has 1 aliphatic rings. The fraction of sp³-hybridized carbons (Fsp3) is 1.00. The van der Waals surface area contributed by atoms with Gasteiger partial charge in [-0.25, -0.2) is 0 Å². The van der Waals surface area contributed by atoms with Gasteiger partial charge in [-0.2, -0.15) is 11.8 Å².